The highest BCUT2D eigenvalue weighted by Gasteiger charge is 2.11. The molecule has 1 heterocycles. The van der Waals surface area contributed by atoms with Crippen molar-refractivity contribution in [3.05, 3.63) is 70.5 Å². The molecular formula is C18H14ClFN2O2. The summed E-state index contributed by atoms with van der Waals surface area (Å²) >= 11 is 5.85. The summed E-state index contributed by atoms with van der Waals surface area (Å²) in [7, 11) is 0. The monoisotopic (exact) mass is 344 g/mol. The van der Waals surface area contributed by atoms with Crippen molar-refractivity contribution in [1.29, 1.82) is 0 Å². The van der Waals surface area contributed by atoms with Crippen LogP contribution in [0.3, 0.4) is 0 Å². The van der Waals surface area contributed by atoms with Gasteiger partial charge < -0.3 is 9.84 Å². The molecule has 24 heavy (non-hydrogen) atoms. The van der Waals surface area contributed by atoms with Gasteiger partial charge in [0.15, 0.2) is 5.78 Å². The maximum absolute atomic E-state index is 13.5. The van der Waals surface area contributed by atoms with Gasteiger partial charge in [0.25, 0.3) is 0 Å². The molecule has 0 spiro atoms. The Bertz CT molecular complexity index is 875. The van der Waals surface area contributed by atoms with E-state index < -0.39 is 5.82 Å². The Kier molecular flexibility index (Phi) is 4.62. The fourth-order valence-corrected chi connectivity index (χ4v) is 2.28. The number of rotatable bonds is 5. The normalized spacial score (nSPS) is 10.6. The van der Waals surface area contributed by atoms with Crippen molar-refractivity contribution in [1.82, 2.24) is 5.16 Å². The number of hydrogen-bond acceptors (Lipinski definition) is 4. The van der Waals surface area contributed by atoms with E-state index >= 15 is 0 Å². The summed E-state index contributed by atoms with van der Waals surface area (Å²) in [6, 6.07) is 13.3. The van der Waals surface area contributed by atoms with Crippen molar-refractivity contribution in [3.8, 4) is 11.3 Å². The topological polar surface area (TPSA) is 55.1 Å². The summed E-state index contributed by atoms with van der Waals surface area (Å²) in [6.45, 7) is 1.63. The number of hydrogen-bond donors (Lipinski definition) is 1. The van der Waals surface area contributed by atoms with Gasteiger partial charge in [-0.05, 0) is 30.7 Å². The smallest absolute Gasteiger partial charge is 0.225 e. The zero-order chi connectivity index (χ0) is 17.1. The molecule has 0 amide bonds. The van der Waals surface area contributed by atoms with Crippen LogP contribution in [0, 0.1) is 12.7 Å². The summed E-state index contributed by atoms with van der Waals surface area (Å²) in [4.78, 5) is 12.1. The molecule has 3 rings (SSSR count). The second-order valence-electron chi connectivity index (χ2n) is 5.32. The van der Waals surface area contributed by atoms with E-state index in [9.17, 15) is 9.18 Å². The van der Waals surface area contributed by atoms with Crippen molar-refractivity contribution in [2.75, 3.05) is 11.9 Å². The Balaban J connectivity index is 1.65. The molecule has 0 atom stereocenters. The number of ketones is 1. The molecule has 0 bridgehead atoms. The number of aryl methyl sites for hydroxylation is 1. The average molecular weight is 345 g/mol. The van der Waals surface area contributed by atoms with E-state index in [1.54, 1.807) is 37.3 Å². The van der Waals surface area contributed by atoms with E-state index in [1.807, 2.05) is 12.1 Å². The predicted octanol–water partition coefficient (Wildman–Crippen LogP) is 4.74. The zero-order valence-corrected chi connectivity index (χ0v) is 13.6. The lowest BCUT2D eigenvalue weighted by Crippen LogP contribution is -2.13. The standard InChI is InChI=1S/C18H14ClFN2O2/c1-11-2-3-13(8-15(11)20)17(23)10-21-18-9-16(22-24-18)12-4-6-14(19)7-5-12/h2-9,21H,10H2,1H3. The van der Waals surface area contributed by atoms with Crippen molar-refractivity contribution >= 4 is 23.3 Å². The van der Waals surface area contributed by atoms with Crippen molar-refractivity contribution in [3.63, 3.8) is 0 Å². The molecule has 0 aliphatic carbocycles. The number of nitrogens with one attached hydrogen (secondary N) is 1. The first-order valence-corrected chi connectivity index (χ1v) is 7.66. The summed E-state index contributed by atoms with van der Waals surface area (Å²) in [6.07, 6.45) is 0. The Morgan fingerprint density at radius 1 is 1.21 bits per heavy atom. The largest absolute Gasteiger partial charge is 0.347 e. The third-order valence-corrected chi connectivity index (χ3v) is 3.82. The highest BCUT2D eigenvalue weighted by molar-refractivity contribution is 6.30. The molecule has 0 unspecified atom stereocenters. The molecule has 2 aromatic carbocycles. The molecule has 0 aliphatic rings. The molecule has 4 nitrogen and oxygen atoms in total. The Morgan fingerprint density at radius 3 is 2.67 bits per heavy atom. The summed E-state index contributed by atoms with van der Waals surface area (Å²) < 4.78 is 18.7. The van der Waals surface area contributed by atoms with Crippen molar-refractivity contribution < 1.29 is 13.7 Å². The predicted molar refractivity (Wildman–Crippen MR) is 90.9 cm³/mol. The van der Waals surface area contributed by atoms with Crippen molar-refractivity contribution in [2.24, 2.45) is 0 Å². The van der Waals surface area contributed by atoms with Gasteiger partial charge in [0.05, 0.1) is 6.54 Å². The molecule has 0 fully saturated rings. The van der Waals surface area contributed by atoms with Gasteiger partial charge in [-0.1, -0.05) is 41.0 Å². The highest BCUT2D eigenvalue weighted by Crippen LogP contribution is 2.23. The molecule has 122 valence electrons. The van der Waals surface area contributed by atoms with Gasteiger partial charge in [0.1, 0.15) is 11.5 Å². The third-order valence-electron chi connectivity index (χ3n) is 3.57. The van der Waals surface area contributed by atoms with E-state index in [0.717, 1.165) is 5.56 Å². The number of halogens is 2. The molecule has 0 saturated heterocycles. The van der Waals surface area contributed by atoms with E-state index in [1.165, 1.54) is 6.07 Å². The quantitative estimate of drug-likeness (QED) is 0.679. The van der Waals surface area contributed by atoms with Crippen LogP contribution < -0.4 is 5.32 Å². The number of carbonyl (C=O) groups is 1. The molecule has 0 saturated carbocycles. The van der Waals surface area contributed by atoms with Crippen LogP contribution in [0.1, 0.15) is 15.9 Å². The molecule has 1 N–H and O–H groups in total. The van der Waals surface area contributed by atoms with Gasteiger partial charge in [-0.15, -0.1) is 0 Å². The first-order chi connectivity index (χ1) is 11.5. The lowest BCUT2D eigenvalue weighted by atomic mass is 10.1. The maximum Gasteiger partial charge on any atom is 0.225 e. The van der Waals surface area contributed by atoms with Gasteiger partial charge in [-0.25, -0.2) is 4.39 Å². The molecule has 0 radical (unpaired) electrons. The van der Waals surface area contributed by atoms with E-state index in [0.29, 0.717) is 27.7 Å². The van der Waals surface area contributed by atoms with Gasteiger partial charge in [-0.3, -0.25) is 4.79 Å². The third kappa shape index (κ3) is 3.63. The minimum absolute atomic E-state index is 0.0161. The minimum Gasteiger partial charge on any atom is -0.347 e. The van der Waals surface area contributed by atoms with Crippen LogP contribution >= 0.6 is 11.6 Å². The van der Waals surface area contributed by atoms with Gasteiger partial charge in [0, 0.05) is 22.2 Å². The number of benzene rings is 2. The molecule has 0 aliphatic heterocycles. The Labute approximate surface area is 143 Å². The first kappa shape index (κ1) is 16.2. The average Bonchev–Trinajstić information content (AvgIpc) is 3.05. The Hall–Kier alpha value is -2.66. The van der Waals surface area contributed by atoms with Crippen LogP contribution in [-0.2, 0) is 0 Å². The lowest BCUT2D eigenvalue weighted by Gasteiger charge is -2.03. The van der Waals surface area contributed by atoms with Crippen LogP contribution in [0.2, 0.25) is 5.02 Å². The van der Waals surface area contributed by atoms with Crippen LogP contribution in [0.15, 0.2) is 53.1 Å². The van der Waals surface area contributed by atoms with Crippen LogP contribution in [0.5, 0.6) is 0 Å². The lowest BCUT2D eigenvalue weighted by molar-refractivity contribution is 0.100. The van der Waals surface area contributed by atoms with Gasteiger partial charge in [0.2, 0.25) is 5.88 Å². The molecule has 6 heteroatoms. The van der Waals surface area contributed by atoms with Crippen LogP contribution in [0.25, 0.3) is 11.3 Å². The Morgan fingerprint density at radius 2 is 1.96 bits per heavy atom. The maximum atomic E-state index is 13.5. The highest BCUT2D eigenvalue weighted by atomic mass is 35.5. The van der Waals surface area contributed by atoms with E-state index in [4.69, 9.17) is 16.1 Å². The molecule has 1 aromatic heterocycles. The SMILES string of the molecule is Cc1ccc(C(=O)CNc2cc(-c3ccc(Cl)cc3)no2)cc1F. The second-order valence-corrected chi connectivity index (χ2v) is 5.76. The fourth-order valence-electron chi connectivity index (χ4n) is 2.15. The van der Waals surface area contributed by atoms with Crippen LogP contribution in [-0.4, -0.2) is 17.5 Å². The van der Waals surface area contributed by atoms with E-state index in [-0.39, 0.29) is 12.3 Å². The zero-order valence-electron chi connectivity index (χ0n) is 12.8. The minimum atomic E-state index is -0.398. The summed E-state index contributed by atoms with van der Waals surface area (Å²) in [5.41, 5.74) is 2.29. The molecule has 3 aromatic rings. The number of nitrogens with zero attached hydrogens (tertiary/aromatic N) is 1. The number of aromatic nitrogens is 1. The molecular weight excluding hydrogens is 331 g/mol. The fraction of sp³-hybridized carbons (Fsp3) is 0.111. The summed E-state index contributed by atoms with van der Waals surface area (Å²) in [5, 5.41) is 7.43. The number of carbonyl (C=O) groups excluding carboxylic acids is 1. The van der Waals surface area contributed by atoms with Crippen molar-refractivity contribution in [2.45, 2.75) is 6.92 Å². The van der Waals surface area contributed by atoms with Gasteiger partial charge >= 0.3 is 0 Å². The number of Topliss-reactive ketones (excluding diaryl/α,β-unsaturated/α-hetero) is 1. The first-order valence-electron chi connectivity index (χ1n) is 7.29. The van der Waals surface area contributed by atoms with E-state index in [2.05, 4.69) is 10.5 Å². The summed E-state index contributed by atoms with van der Waals surface area (Å²) in [5.74, 6) is -0.273. The van der Waals surface area contributed by atoms with Crippen LogP contribution in [0.4, 0.5) is 10.3 Å². The van der Waals surface area contributed by atoms with Gasteiger partial charge in [-0.2, -0.15) is 0 Å². The second kappa shape index (κ2) is 6.84. The number of anilines is 1.